The van der Waals surface area contributed by atoms with E-state index >= 15 is 0 Å². The largest absolute Gasteiger partial charge is 0.479 e. The topological polar surface area (TPSA) is 57.6 Å². The van der Waals surface area contributed by atoms with E-state index in [2.05, 4.69) is 5.92 Å². The Labute approximate surface area is 114 Å². The molecule has 1 heterocycles. The van der Waals surface area contributed by atoms with Crippen LogP contribution in [0.4, 0.5) is 8.78 Å². The molecule has 2 atom stereocenters. The molecule has 0 saturated carbocycles. The first kappa shape index (κ1) is 14.0. The lowest BCUT2D eigenvalue weighted by Crippen LogP contribution is -2.36. The molecule has 1 aromatic carbocycles. The number of rotatable bonds is 3. The molecule has 1 saturated heterocycles. The minimum atomic E-state index is -1.50. The first-order valence-electron chi connectivity index (χ1n) is 5.87. The number of benzene rings is 1. The van der Waals surface area contributed by atoms with E-state index < -0.39 is 35.5 Å². The van der Waals surface area contributed by atoms with Crippen LogP contribution in [0.25, 0.3) is 0 Å². The number of aliphatic carboxylic acids is 1. The summed E-state index contributed by atoms with van der Waals surface area (Å²) in [6.45, 7) is 0.0448. The number of carboxylic acids is 1. The van der Waals surface area contributed by atoms with Crippen molar-refractivity contribution in [3.05, 3.63) is 35.4 Å². The predicted octanol–water partition coefficient (Wildman–Crippen LogP) is 1.57. The highest BCUT2D eigenvalue weighted by atomic mass is 19.1. The molecule has 0 bridgehead atoms. The molecule has 0 spiro atoms. The van der Waals surface area contributed by atoms with Crippen LogP contribution >= 0.6 is 0 Å². The molecule has 1 fully saturated rings. The summed E-state index contributed by atoms with van der Waals surface area (Å²) in [5.74, 6) is -1.67. The summed E-state index contributed by atoms with van der Waals surface area (Å²) in [4.78, 5) is 24.2. The number of hydrogen-bond acceptors (Lipinski definition) is 2. The van der Waals surface area contributed by atoms with E-state index in [1.54, 1.807) is 0 Å². The number of nitrogens with zero attached hydrogens (tertiary/aromatic N) is 1. The Hall–Kier alpha value is -2.42. The maximum Gasteiger partial charge on any atom is 0.331 e. The Balaban J connectivity index is 2.40. The van der Waals surface area contributed by atoms with Crippen molar-refractivity contribution in [2.24, 2.45) is 5.92 Å². The van der Waals surface area contributed by atoms with Gasteiger partial charge in [0.15, 0.2) is 6.04 Å². The van der Waals surface area contributed by atoms with Crippen molar-refractivity contribution in [1.29, 1.82) is 0 Å². The molecule has 1 N–H and O–H groups in total. The minimum Gasteiger partial charge on any atom is -0.479 e. The summed E-state index contributed by atoms with van der Waals surface area (Å²) in [5, 5.41) is 9.25. The lowest BCUT2D eigenvalue weighted by molar-refractivity contribution is -0.148. The number of amides is 1. The zero-order valence-electron chi connectivity index (χ0n) is 10.3. The molecule has 0 aromatic heterocycles. The molecule has 2 unspecified atom stereocenters. The van der Waals surface area contributed by atoms with Crippen molar-refractivity contribution >= 4 is 11.9 Å². The van der Waals surface area contributed by atoms with Gasteiger partial charge in [0.05, 0.1) is 0 Å². The Morgan fingerprint density at radius 1 is 1.50 bits per heavy atom. The standard InChI is InChI=1S/C14H11F2NO3/c1-2-8-5-12(18)17(7-8)13(14(19)20)10-4-3-9(15)6-11(10)16/h1,3-4,6,8,13H,5,7H2,(H,19,20). The Morgan fingerprint density at radius 3 is 2.70 bits per heavy atom. The summed E-state index contributed by atoms with van der Waals surface area (Å²) in [6, 6.07) is 1.07. The van der Waals surface area contributed by atoms with Gasteiger partial charge in [0.25, 0.3) is 0 Å². The van der Waals surface area contributed by atoms with Crippen LogP contribution in [-0.2, 0) is 9.59 Å². The van der Waals surface area contributed by atoms with Crippen molar-refractivity contribution in [2.75, 3.05) is 6.54 Å². The van der Waals surface area contributed by atoms with E-state index in [0.717, 1.165) is 17.0 Å². The van der Waals surface area contributed by atoms with Gasteiger partial charge in [-0.3, -0.25) is 4.79 Å². The molecule has 6 heteroatoms. The number of hydrogen-bond donors (Lipinski definition) is 1. The molecular formula is C14H11F2NO3. The fourth-order valence-electron chi connectivity index (χ4n) is 2.25. The summed E-state index contributed by atoms with van der Waals surface area (Å²) < 4.78 is 26.6. The summed E-state index contributed by atoms with van der Waals surface area (Å²) in [6.07, 6.45) is 5.25. The number of halogens is 2. The highest BCUT2D eigenvalue weighted by molar-refractivity contribution is 5.86. The van der Waals surface area contributed by atoms with Gasteiger partial charge in [0.2, 0.25) is 5.91 Å². The van der Waals surface area contributed by atoms with Gasteiger partial charge in [-0.1, -0.05) is 6.07 Å². The van der Waals surface area contributed by atoms with E-state index in [1.165, 1.54) is 0 Å². The SMILES string of the molecule is C#CC1CC(=O)N(C(C(=O)O)c2ccc(F)cc2F)C1. The van der Waals surface area contributed by atoms with Crippen molar-refractivity contribution in [3.63, 3.8) is 0 Å². The van der Waals surface area contributed by atoms with E-state index in [1.807, 2.05) is 0 Å². The van der Waals surface area contributed by atoms with Crippen LogP contribution in [0, 0.1) is 29.9 Å². The second kappa shape index (κ2) is 5.29. The van der Waals surface area contributed by atoms with Gasteiger partial charge in [-0.05, 0) is 6.07 Å². The third kappa shape index (κ3) is 2.48. The number of likely N-dealkylation sites (tertiary alicyclic amines) is 1. The third-order valence-electron chi connectivity index (χ3n) is 3.20. The number of carbonyl (C=O) groups is 2. The summed E-state index contributed by atoms with van der Waals surface area (Å²) >= 11 is 0. The fourth-order valence-corrected chi connectivity index (χ4v) is 2.25. The van der Waals surface area contributed by atoms with Crippen LogP contribution in [0.3, 0.4) is 0 Å². The molecule has 1 aliphatic heterocycles. The first-order chi connectivity index (χ1) is 9.43. The summed E-state index contributed by atoms with van der Waals surface area (Å²) in [5.41, 5.74) is -0.259. The van der Waals surface area contributed by atoms with Gasteiger partial charge in [-0.15, -0.1) is 12.3 Å². The van der Waals surface area contributed by atoms with E-state index in [0.29, 0.717) is 6.07 Å². The molecular weight excluding hydrogens is 268 g/mol. The van der Waals surface area contributed by atoms with Crippen molar-refractivity contribution in [2.45, 2.75) is 12.5 Å². The van der Waals surface area contributed by atoms with Gasteiger partial charge in [-0.2, -0.15) is 0 Å². The Kier molecular flexibility index (Phi) is 3.70. The number of terminal acetylenes is 1. The highest BCUT2D eigenvalue weighted by Gasteiger charge is 2.39. The van der Waals surface area contributed by atoms with Crippen LogP contribution in [-0.4, -0.2) is 28.4 Å². The van der Waals surface area contributed by atoms with E-state index in [4.69, 9.17) is 6.42 Å². The van der Waals surface area contributed by atoms with Gasteiger partial charge < -0.3 is 10.0 Å². The van der Waals surface area contributed by atoms with Crippen LogP contribution in [0.1, 0.15) is 18.0 Å². The smallest absolute Gasteiger partial charge is 0.331 e. The third-order valence-corrected chi connectivity index (χ3v) is 3.20. The minimum absolute atomic E-state index is 0.0308. The van der Waals surface area contributed by atoms with E-state index in [-0.39, 0.29) is 18.5 Å². The Bertz CT molecular complexity index is 609. The average molecular weight is 279 g/mol. The number of carbonyl (C=O) groups excluding carboxylic acids is 1. The highest BCUT2D eigenvalue weighted by Crippen LogP contribution is 2.30. The van der Waals surface area contributed by atoms with Crippen molar-refractivity contribution < 1.29 is 23.5 Å². The quantitative estimate of drug-likeness (QED) is 0.854. The lowest BCUT2D eigenvalue weighted by Gasteiger charge is -2.25. The molecule has 0 radical (unpaired) electrons. The first-order valence-corrected chi connectivity index (χ1v) is 5.87. The van der Waals surface area contributed by atoms with Gasteiger partial charge >= 0.3 is 5.97 Å². The average Bonchev–Trinajstić information content (AvgIpc) is 2.73. The van der Waals surface area contributed by atoms with Gasteiger partial charge in [-0.25, -0.2) is 13.6 Å². The van der Waals surface area contributed by atoms with Gasteiger partial charge in [0, 0.05) is 30.5 Å². The normalized spacial score (nSPS) is 19.8. The molecule has 1 amide bonds. The molecule has 4 nitrogen and oxygen atoms in total. The fraction of sp³-hybridized carbons (Fsp3) is 0.286. The van der Waals surface area contributed by atoms with Crippen LogP contribution in [0.2, 0.25) is 0 Å². The van der Waals surface area contributed by atoms with Crippen LogP contribution in [0.15, 0.2) is 18.2 Å². The molecule has 1 aromatic rings. The molecule has 20 heavy (non-hydrogen) atoms. The second-order valence-corrected chi connectivity index (χ2v) is 4.52. The van der Waals surface area contributed by atoms with Gasteiger partial charge in [0.1, 0.15) is 11.6 Å². The monoisotopic (exact) mass is 279 g/mol. The number of carboxylic acid groups (broad SMARTS) is 1. The van der Waals surface area contributed by atoms with Crippen molar-refractivity contribution in [1.82, 2.24) is 4.90 Å². The van der Waals surface area contributed by atoms with Crippen LogP contribution in [0.5, 0.6) is 0 Å². The zero-order chi connectivity index (χ0) is 14.9. The van der Waals surface area contributed by atoms with Crippen LogP contribution < -0.4 is 0 Å². The maximum absolute atomic E-state index is 13.7. The molecule has 104 valence electrons. The molecule has 2 rings (SSSR count). The maximum atomic E-state index is 13.7. The molecule has 0 aliphatic carbocycles. The predicted molar refractivity (Wildman–Crippen MR) is 65.4 cm³/mol. The molecule has 1 aliphatic rings. The Morgan fingerprint density at radius 2 is 2.20 bits per heavy atom. The zero-order valence-corrected chi connectivity index (χ0v) is 10.3. The van der Waals surface area contributed by atoms with Crippen molar-refractivity contribution in [3.8, 4) is 12.3 Å². The van der Waals surface area contributed by atoms with E-state index in [9.17, 15) is 23.5 Å². The summed E-state index contributed by atoms with van der Waals surface area (Å²) in [7, 11) is 0. The lowest BCUT2D eigenvalue weighted by atomic mass is 10.0. The second-order valence-electron chi connectivity index (χ2n) is 4.52.